The predicted molar refractivity (Wildman–Crippen MR) is 97.3 cm³/mol. The number of hydrogen-bond donors (Lipinski definition) is 2. The van der Waals surface area contributed by atoms with Gasteiger partial charge in [-0.05, 0) is 17.0 Å². The van der Waals surface area contributed by atoms with Crippen molar-refractivity contribution in [1.82, 2.24) is 10.3 Å². The van der Waals surface area contributed by atoms with Crippen LogP contribution in [0.4, 0.5) is 5.13 Å². The molecule has 3 rings (SSSR count). The maximum absolute atomic E-state index is 12.0. The Labute approximate surface area is 147 Å². The molecule has 2 heterocycles. The molecule has 2 N–H and O–H groups in total. The molecule has 0 aliphatic heterocycles. The van der Waals surface area contributed by atoms with Crippen molar-refractivity contribution < 1.29 is 9.59 Å². The molecule has 0 bridgehead atoms. The second-order valence-corrected chi connectivity index (χ2v) is 6.75. The zero-order valence-corrected chi connectivity index (χ0v) is 14.5. The highest BCUT2D eigenvalue weighted by atomic mass is 32.1. The van der Waals surface area contributed by atoms with Gasteiger partial charge in [-0.15, -0.1) is 11.3 Å². The van der Waals surface area contributed by atoms with Gasteiger partial charge < -0.3 is 5.32 Å². The van der Waals surface area contributed by atoms with Gasteiger partial charge >= 0.3 is 0 Å². The predicted octanol–water partition coefficient (Wildman–Crippen LogP) is 3.76. The lowest BCUT2D eigenvalue weighted by atomic mass is 10.1. The summed E-state index contributed by atoms with van der Waals surface area (Å²) < 4.78 is 0. The van der Waals surface area contributed by atoms with Crippen LogP contribution in [-0.4, -0.2) is 16.8 Å². The highest BCUT2D eigenvalue weighted by Gasteiger charge is 2.10. The summed E-state index contributed by atoms with van der Waals surface area (Å²) in [6.45, 7) is 2.00. The van der Waals surface area contributed by atoms with Crippen molar-refractivity contribution in [2.24, 2.45) is 0 Å². The van der Waals surface area contributed by atoms with Crippen molar-refractivity contribution in [1.29, 1.82) is 0 Å². The number of carbonyl (C=O) groups excluding carboxylic acids is 2. The van der Waals surface area contributed by atoms with E-state index >= 15 is 0 Å². The van der Waals surface area contributed by atoms with Crippen molar-refractivity contribution in [3.8, 4) is 11.3 Å². The van der Waals surface area contributed by atoms with Gasteiger partial charge in [-0.1, -0.05) is 24.3 Å². The molecule has 122 valence electrons. The first-order valence-electron chi connectivity index (χ1n) is 7.24. The molecule has 7 heteroatoms. The topological polar surface area (TPSA) is 71.1 Å². The van der Waals surface area contributed by atoms with Crippen molar-refractivity contribution in [2.75, 3.05) is 5.32 Å². The Hall–Kier alpha value is -2.51. The summed E-state index contributed by atoms with van der Waals surface area (Å²) in [6, 6.07) is 9.60. The molecule has 5 nitrogen and oxygen atoms in total. The van der Waals surface area contributed by atoms with E-state index in [9.17, 15) is 9.59 Å². The zero-order chi connectivity index (χ0) is 16.9. The van der Waals surface area contributed by atoms with E-state index in [4.69, 9.17) is 0 Å². The average Bonchev–Trinajstić information content (AvgIpc) is 3.25. The molecular weight excluding hydrogens is 342 g/mol. The van der Waals surface area contributed by atoms with Crippen LogP contribution in [0.3, 0.4) is 0 Å². The fourth-order valence-electron chi connectivity index (χ4n) is 2.05. The Balaban J connectivity index is 1.66. The van der Waals surface area contributed by atoms with Crippen LogP contribution in [0.2, 0.25) is 0 Å². The Morgan fingerprint density at radius 2 is 1.92 bits per heavy atom. The zero-order valence-electron chi connectivity index (χ0n) is 12.9. The molecule has 0 atom stereocenters. The minimum absolute atomic E-state index is 0.0513. The van der Waals surface area contributed by atoms with Crippen LogP contribution in [0.1, 0.15) is 22.8 Å². The molecule has 0 unspecified atom stereocenters. The van der Waals surface area contributed by atoms with Gasteiger partial charge in [0.2, 0.25) is 5.91 Å². The molecule has 1 aromatic carbocycles. The summed E-state index contributed by atoms with van der Waals surface area (Å²) in [5.74, 6) is -0.201. The summed E-state index contributed by atoms with van der Waals surface area (Å²) in [4.78, 5) is 27.4. The molecule has 0 aliphatic carbocycles. The number of aromatic nitrogens is 1. The van der Waals surface area contributed by atoms with Crippen LogP contribution >= 0.6 is 22.7 Å². The highest BCUT2D eigenvalue weighted by molar-refractivity contribution is 7.14. The minimum Gasteiger partial charge on any atom is -0.352 e. The first-order valence-corrected chi connectivity index (χ1v) is 9.07. The van der Waals surface area contributed by atoms with Gasteiger partial charge in [0, 0.05) is 29.8 Å². The van der Waals surface area contributed by atoms with Gasteiger partial charge in [0.25, 0.3) is 5.91 Å². The molecule has 3 aromatic rings. The number of thiophene rings is 1. The quantitative estimate of drug-likeness (QED) is 0.730. The smallest absolute Gasteiger partial charge is 0.258 e. The largest absolute Gasteiger partial charge is 0.352 e. The van der Waals surface area contributed by atoms with Crippen LogP contribution < -0.4 is 10.6 Å². The maximum Gasteiger partial charge on any atom is 0.258 e. The second kappa shape index (κ2) is 7.37. The summed E-state index contributed by atoms with van der Waals surface area (Å²) in [6.07, 6.45) is 0. The average molecular weight is 357 g/mol. The van der Waals surface area contributed by atoms with E-state index in [1.165, 1.54) is 29.6 Å². The second-order valence-electron chi connectivity index (χ2n) is 5.11. The summed E-state index contributed by atoms with van der Waals surface area (Å²) in [5.41, 5.74) is 3.44. The third-order valence-electron chi connectivity index (χ3n) is 3.30. The van der Waals surface area contributed by atoms with Crippen molar-refractivity contribution in [3.63, 3.8) is 0 Å². The molecule has 0 saturated carbocycles. The fourth-order valence-corrected chi connectivity index (χ4v) is 3.40. The van der Waals surface area contributed by atoms with Gasteiger partial charge in [-0.3, -0.25) is 14.9 Å². The summed E-state index contributed by atoms with van der Waals surface area (Å²) in [7, 11) is 0. The van der Waals surface area contributed by atoms with Crippen LogP contribution in [0, 0.1) is 0 Å². The number of amides is 2. The van der Waals surface area contributed by atoms with E-state index in [-0.39, 0.29) is 11.8 Å². The van der Waals surface area contributed by atoms with E-state index in [0.29, 0.717) is 17.2 Å². The lowest BCUT2D eigenvalue weighted by molar-refractivity contribution is -0.119. The number of rotatable bonds is 5. The van der Waals surface area contributed by atoms with E-state index in [0.717, 1.165) is 16.8 Å². The third-order valence-corrected chi connectivity index (χ3v) is 4.74. The van der Waals surface area contributed by atoms with Gasteiger partial charge in [0.1, 0.15) is 0 Å². The van der Waals surface area contributed by atoms with Crippen molar-refractivity contribution in [3.05, 3.63) is 57.6 Å². The highest BCUT2D eigenvalue weighted by Crippen LogP contribution is 2.25. The molecule has 24 heavy (non-hydrogen) atoms. The van der Waals surface area contributed by atoms with Crippen LogP contribution in [-0.2, 0) is 11.3 Å². The monoisotopic (exact) mass is 357 g/mol. The Morgan fingerprint density at radius 1 is 1.12 bits per heavy atom. The number of carbonyl (C=O) groups is 2. The van der Waals surface area contributed by atoms with E-state index in [2.05, 4.69) is 15.6 Å². The normalized spacial score (nSPS) is 10.4. The fraction of sp³-hybridized carbons (Fsp3) is 0.118. The molecule has 0 spiro atoms. The van der Waals surface area contributed by atoms with E-state index in [1.807, 2.05) is 35.0 Å². The first kappa shape index (κ1) is 16.4. The Kier molecular flexibility index (Phi) is 5.02. The van der Waals surface area contributed by atoms with E-state index in [1.54, 1.807) is 11.4 Å². The Bertz CT molecular complexity index is 839. The number of benzene rings is 1. The minimum atomic E-state index is -0.150. The van der Waals surface area contributed by atoms with Gasteiger partial charge in [0.05, 0.1) is 11.3 Å². The SMILES string of the molecule is CC(=O)NCc1ccc(-c2csc(NC(=O)c3ccsc3)n2)cc1. The summed E-state index contributed by atoms with van der Waals surface area (Å²) >= 11 is 2.88. The molecule has 0 aliphatic rings. The van der Waals surface area contributed by atoms with Crippen LogP contribution in [0.25, 0.3) is 11.3 Å². The van der Waals surface area contributed by atoms with Crippen LogP contribution in [0.5, 0.6) is 0 Å². The Morgan fingerprint density at radius 3 is 2.58 bits per heavy atom. The van der Waals surface area contributed by atoms with Crippen molar-refractivity contribution >= 4 is 39.6 Å². The molecular formula is C17H15N3O2S2. The van der Waals surface area contributed by atoms with Gasteiger partial charge in [-0.25, -0.2) is 4.98 Å². The third kappa shape index (κ3) is 4.06. The van der Waals surface area contributed by atoms with E-state index < -0.39 is 0 Å². The molecule has 0 radical (unpaired) electrons. The van der Waals surface area contributed by atoms with Crippen LogP contribution in [0.15, 0.2) is 46.5 Å². The maximum atomic E-state index is 12.0. The standard InChI is InChI=1S/C17H15N3O2S2/c1-11(21)18-8-12-2-4-13(5-3-12)15-10-24-17(19-15)20-16(22)14-6-7-23-9-14/h2-7,9-10H,8H2,1H3,(H,18,21)(H,19,20,22). The number of nitrogens with one attached hydrogen (secondary N) is 2. The lowest BCUT2D eigenvalue weighted by Crippen LogP contribution is -2.18. The molecule has 2 amide bonds. The number of nitrogens with zero attached hydrogens (tertiary/aromatic N) is 1. The number of anilines is 1. The number of hydrogen-bond acceptors (Lipinski definition) is 5. The lowest BCUT2D eigenvalue weighted by Gasteiger charge is -2.03. The molecule has 2 aromatic heterocycles. The van der Waals surface area contributed by atoms with Gasteiger partial charge in [0.15, 0.2) is 5.13 Å². The van der Waals surface area contributed by atoms with Crippen molar-refractivity contribution in [2.45, 2.75) is 13.5 Å². The first-order chi connectivity index (χ1) is 11.6. The number of thiazole rings is 1. The molecule has 0 saturated heterocycles. The molecule has 0 fully saturated rings. The van der Waals surface area contributed by atoms with Gasteiger partial charge in [-0.2, -0.15) is 11.3 Å². The summed E-state index contributed by atoms with van der Waals surface area (Å²) in [5, 5.41) is 11.7.